The van der Waals surface area contributed by atoms with Crippen LogP contribution in [0.5, 0.6) is 0 Å². The van der Waals surface area contributed by atoms with Gasteiger partial charge in [-0.1, -0.05) is 13.3 Å². The molecule has 4 heterocycles. The van der Waals surface area contributed by atoms with E-state index in [-0.39, 0.29) is 31.2 Å². The van der Waals surface area contributed by atoms with Gasteiger partial charge in [0, 0.05) is 24.7 Å². The molecule has 0 bridgehead atoms. The van der Waals surface area contributed by atoms with Crippen LogP contribution in [0.2, 0.25) is 0 Å². The molecule has 2 fully saturated rings. The van der Waals surface area contributed by atoms with Crippen molar-refractivity contribution in [1.82, 2.24) is 33.6 Å². The molecule has 4 atom stereocenters. The van der Waals surface area contributed by atoms with Gasteiger partial charge in [-0.3, -0.25) is 4.40 Å². The number of aromatic nitrogens is 5. The van der Waals surface area contributed by atoms with Crippen molar-refractivity contribution >= 4 is 27.0 Å². The Morgan fingerprint density at radius 3 is 2.84 bits per heavy atom. The maximum atomic E-state index is 13.3. The van der Waals surface area contributed by atoms with Crippen molar-refractivity contribution in [2.24, 2.45) is 5.92 Å². The van der Waals surface area contributed by atoms with Gasteiger partial charge in [-0.05, 0) is 37.7 Å². The van der Waals surface area contributed by atoms with Gasteiger partial charge < -0.3 is 4.98 Å². The summed E-state index contributed by atoms with van der Waals surface area (Å²) in [4.78, 5) is 7.37. The fourth-order valence-electron chi connectivity index (χ4n) is 5.26. The smallest absolute Gasteiger partial charge is 0.345 e. The lowest BCUT2D eigenvalue weighted by Gasteiger charge is -2.27. The number of hydrogen-bond acceptors (Lipinski definition) is 5. The largest absolute Gasteiger partial charge is 0.405 e. The first-order valence-corrected chi connectivity index (χ1v) is 12.2. The molecule has 13 heteroatoms. The third-order valence-electron chi connectivity index (χ3n) is 6.72. The van der Waals surface area contributed by atoms with Crippen molar-refractivity contribution in [3.63, 3.8) is 0 Å². The van der Waals surface area contributed by atoms with E-state index in [1.807, 2.05) is 17.4 Å². The van der Waals surface area contributed by atoms with E-state index in [9.17, 15) is 21.6 Å². The van der Waals surface area contributed by atoms with Crippen molar-refractivity contribution in [2.75, 3.05) is 6.54 Å². The highest BCUT2D eigenvalue weighted by Crippen LogP contribution is 2.42. The van der Waals surface area contributed by atoms with Crippen LogP contribution < -0.4 is 4.72 Å². The number of nitrogens with zero attached hydrogens (tertiary/aromatic N) is 5. The van der Waals surface area contributed by atoms with Gasteiger partial charge in [0.05, 0.1) is 11.7 Å². The lowest BCUT2D eigenvalue weighted by molar-refractivity contribution is -0.165. The molecule has 0 spiro atoms. The normalized spacial score (nSPS) is 27.8. The molecule has 0 aromatic carbocycles. The third-order valence-corrected chi connectivity index (χ3v) is 8.41. The average molecular weight is 472 g/mol. The number of nitrogens with one attached hydrogen (secondary N) is 2. The Bertz CT molecular complexity index is 1240. The van der Waals surface area contributed by atoms with E-state index in [1.54, 1.807) is 12.4 Å². The topological polar surface area (TPSA) is 108 Å². The summed E-state index contributed by atoms with van der Waals surface area (Å²) in [6.45, 7) is 1.89. The molecule has 1 saturated heterocycles. The first-order chi connectivity index (χ1) is 15.2. The van der Waals surface area contributed by atoms with Crippen LogP contribution in [0.3, 0.4) is 0 Å². The highest BCUT2D eigenvalue weighted by Gasteiger charge is 2.51. The standard InChI is InChI=1S/C19H24F3N7O2S/c1-2-11-8-12(27-32(30,31)28-7-3-4-15(28)19(20,21)22)9-13(11)18-26-25-16-10-24-17-14(29(16)18)5-6-23-17/h5-6,10-13,15,23,27H,2-4,7-9H2,1H3/t11-,12+,13?,15+/m1/s1. The first-order valence-electron chi connectivity index (χ1n) is 10.7. The zero-order chi connectivity index (χ0) is 22.7. The van der Waals surface area contributed by atoms with Gasteiger partial charge in [-0.15, -0.1) is 10.2 Å². The lowest BCUT2D eigenvalue weighted by Crippen LogP contribution is -2.51. The molecule has 2 N–H and O–H groups in total. The van der Waals surface area contributed by atoms with E-state index in [1.165, 1.54) is 0 Å². The Morgan fingerprint density at radius 1 is 1.28 bits per heavy atom. The molecule has 3 aromatic heterocycles. The zero-order valence-corrected chi connectivity index (χ0v) is 18.2. The Kier molecular flexibility index (Phi) is 5.17. The number of fused-ring (bicyclic) bond motifs is 3. The van der Waals surface area contributed by atoms with Gasteiger partial charge in [0.25, 0.3) is 10.2 Å². The number of aromatic amines is 1. The Labute approximate surface area is 182 Å². The van der Waals surface area contributed by atoms with Gasteiger partial charge in [0.15, 0.2) is 11.3 Å². The molecular formula is C19H24F3N7O2S. The number of rotatable bonds is 5. The minimum Gasteiger partial charge on any atom is -0.345 e. The van der Waals surface area contributed by atoms with E-state index >= 15 is 0 Å². The molecule has 0 amide bonds. The van der Waals surface area contributed by atoms with Crippen molar-refractivity contribution in [2.45, 2.75) is 63.2 Å². The van der Waals surface area contributed by atoms with Crippen LogP contribution in [0.4, 0.5) is 13.2 Å². The Hall–Kier alpha value is -2.25. The van der Waals surface area contributed by atoms with Gasteiger partial charge in [0.2, 0.25) is 0 Å². The fourth-order valence-corrected chi connectivity index (χ4v) is 6.94. The summed E-state index contributed by atoms with van der Waals surface area (Å²) in [5.41, 5.74) is 2.11. The van der Waals surface area contributed by atoms with E-state index < -0.39 is 28.5 Å². The lowest BCUT2D eigenvalue weighted by atomic mass is 9.93. The van der Waals surface area contributed by atoms with Crippen LogP contribution in [0.1, 0.15) is 50.8 Å². The maximum Gasteiger partial charge on any atom is 0.405 e. The van der Waals surface area contributed by atoms with E-state index in [0.29, 0.717) is 28.4 Å². The van der Waals surface area contributed by atoms with E-state index in [0.717, 1.165) is 17.8 Å². The quantitative estimate of drug-likeness (QED) is 0.595. The van der Waals surface area contributed by atoms with Gasteiger partial charge in [0.1, 0.15) is 11.9 Å². The van der Waals surface area contributed by atoms with Crippen molar-refractivity contribution in [3.8, 4) is 0 Å². The molecular weight excluding hydrogens is 447 g/mol. The number of hydrogen-bond donors (Lipinski definition) is 2. The molecule has 174 valence electrons. The maximum absolute atomic E-state index is 13.3. The number of H-pyrrole nitrogens is 1. The molecule has 32 heavy (non-hydrogen) atoms. The molecule has 1 aliphatic carbocycles. The summed E-state index contributed by atoms with van der Waals surface area (Å²) < 4.78 is 70.7. The number of halogens is 3. The molecule has 0 radical (unpaired) electrons. The second kappa shape index (κ2) is 7.66. The highest BCUT2D eigenvalue weighted by molar-refractivity contribution is 7.87. The van der Waals surface area contributed by atoms with Crippen molar-refractivity contribution < 1.29 is 21.6 Å². The van der Waals surface area contributed by atoms with Crippen LogP contribution in [-0.2, 0) is 10.2 Å². The molecule has 1 aliphatic heterocycles. The summed E-state index contributed by atoms with van der Waals surface area (Å²) in [7, 11) is -4.26. The van der Waals surface area contributed by atoms with E-state index in [4.69, 9.17) is 0 Å². The van der Waals surface area contributed by atoms with Gasteiger partial charge in [-0.25, -0.2) is 4.98 Å². The van der Waals surface area contributed by atoms with Gasteiger partial charge in [-0.2, -0.15) is 30.6 Å². The van der Waals surface area contributed by atoms with Crippen LogP contribution in [0.15, 0.2) is 18.5 Å². The predicted octanol–water partition coefficient (Wildman–Crippen LogP) is 2.74. The third kappa shape index (κ3) is 3.55. The monoisotopic (exact) mass is 471 g/mol. The zero-order valence-electron chi connectivity index (χ0n) is 17.4. The van der Waals surface area contributed by atoms with Gasteiger partial charge >= 0.3 is 6.18 Å². The van der Waals surface area contributed by atoms with Crippen LogP contribution in [0, 0.1) is 5.92 Å². The summed E-state index contributed by atoms with van der Waals surface area (Å²) >= 11 is 0. The molecule has 2 aliphatic rings. The van der Waals surface area contributed by atoms with E-state index in [2.05, 4.69) is 24.9 Å². The second-order valence-corrected chi connectivity index (χ2v) is 10.3. The van der Waals surface area contributed by atoms with Crippen LogP contribution in [-0.4, -0.2) is 62.1 Å². The molecule has 1 unspecified atom stereocenters. The minimum absolute atomic E-state index is 0.0832. The summed E-state index contributed by atoms with van der Waals surface area (Å²) in [5, 5.41) is 8.61. The molecule has 3 aromatic rings. The van der Waals surface area contributed by atoms with Crippen molar-refractivity contribution in [1.29, 1.82) is 0 Å². The fraction of sp³-hybridized carbons (Fsp3) is 0.632. The molecule has 1 saturated carbocycles. The molecule has 5 rings (SSSR count). The molecule has 9 nitrogen and oxygen atoms in total. The Morgan fingerprint density at radius 2 is 2.09 bits per heavy atom. The summed E-state index contributed by atoms with van der Waals surface area (Å²) in [6, 6.07) is -0.558. The average Bonchev–Trinajstić information content (AvgIpc) is 3.49. The van der Waals surface area contributed by atoms with Crippen LogP contribution in [0.25, 0.3) is 16.8 Å². The minimum atomic E-state index is -4.58. The second-order valence-electron chi connectivity index (χ2n) is 8.60. The summed E-state index contributed by atoms with van der Waals surface area (Å²) in [5.74, 6) is 0.754. The Balaban J connectivity index is 1.41. The summed E-state index contributed by atoms with van der Waals surface area (Å²) in [6.07, 6.45) is 0.565. The predicted molar refractivity (Wildman–Crippen MR) is 110 cm³/mol. The van der Waals surface area contributed by atoms with Crippen molar-refractivity contribution in [3.05, 3.63) is 24.3 Å². The SMILES string of the molecule is CC[C@@H]1C[C@H](NS(=O)(=O)N2CCC[C@H]2C(F)(F)F)CC1c1nnc2cnc3[nH]ccc3n12. The highest BCUT2D eigenvalue weighted by atomic mass is 32.2. The first kappa shape index (κ1) is 21.6. The van der Waals surface area contributed by atoms with Crippen LogP contribution >= 0.6 is 0 Å². The number of alkyl halides is 3.